The minimum absolute atomic E-state index is 0.259. The highest BCUT2D eigenvalue weighted by molar-refractivity contribution is 7.89. The Kier molecular flexibility index (Phi) is 6.26. The fourth-order valence-corrected chi connectivity index (χ4v) is 4.38. The van der Waals surface area contributed by atoms with E-state index in [1.54, 1.807) is 7.05 Å². The van der Waals surface area contributed by atoms with Crippen LogP contribution < -0.4 is 5.32 Å². The van der Waals surface area contributed by atoms with Gasteiger partial charge in [-0.15, -0.1) is 0 Å². The summed E-state index contributed by atoms with van der Waals surface area (Å²) in [6.45, 7) is 3.14. The van der Waals surface area contributed by atoms with Crippen LogP contribution in [-0.2, 0) is 14.8 Å². The lowest BCUT2D eigenvalue weighted by Crippen LogP contribution is -2.39. The van der Waals surface area contributed by atoms with Gasteiger partial charge in [-0.25, -0.2) is 12.7 Å². The van der Waals surface area contributed by atoms with Crippen LogP contribution in [0.1, 0.15) is 38.5 Å². The highest BCUT2D eigenvalue weighted by Gasteiger charge is 2.24. The van der Waals surface area contributed by atoms with Crippen LogP contribution >= 0.6 is 0 Å². The zero-order valence-corrected chi connectivity index (χ0v) is 13.3. The summed E-state index contributed by atoms with van der Waals surface area (Å²) in [6.07, 6.45) is 6.38. The predicted molar refractivity (Wildman–Crippen MR) is 80.2 cm³/mol. The van der Waals surface area contributed by atoms with Crippen molar-refractivity contribution in [3.8, 4) is 0 Å². The molecule has 2 unspecified atom stereocenters. The maximum atomic E-state index is 12.3. The van der Waals surface area contributed by atoms with Crippen LogP contribution in [0.15, 0.2) is 0 Å². The van der Waals surface area contributed by atoms with E-state index in [1.165, 1.54) is 17.1 Å². The monoisotopic (exact) mass is 304 g/mol. The number of hydrogen-bond acceptors (Lipinski definition) is 4. The van der Waals surface area contributed by atoms with Gasteiger partial charge in [0, 0.05) is 26.2 Å². The maximum absolute atomic E-state index is 12.3. The molecule has 2 rings (SSSR count). The van der Waals surface area contributed by atoms with Crippen LogP contribution in [0.25, 0.3) is 0 Å². The van der Waals surface area contributed by atoms with E-state index in [2.05, 4.69) is 5.32 Å². The van der Waals surface area contributed by atoms with Gasteiger partial charge in [-0.2, -0.15) is 0 Å². The number of piperidine rings is 1. The Bertz CT molecular complexity index is 374. The van der Waals surface area contributed by atoms with Crippen molar-refractivity contribution in [2.75, 3.05) is 39.1 Å². The molecule has 0 aromatic heterocycles. The molecule has 0 radical (unpaired) electrons. The van der Waals surface area contributed by atoms with Crippen molar-refractivity contribution in [2.24, 2.45) is 5.92 Å². The molecule has 2 aliphatic rings. The molecule has 2 heterocycles. The van der Waals surface area contributed by atoms with Crippen LogP contribution in [-0.4, -0.2) is 57.9 Å². The Hall–Kier alpha value is -0.170. The van der Waals surface area contributed by atoms with E-state index >= 15 is 0 Å². The van der Waals surface area contributed by atoms with Gasteiger partial charge in [0.1, 0.15) is 0 Å². The van der Waals surface area contributed by atoms with Crippen molar-refractivity contribution in [1.29, 1.82) is 0 Å². The first-order valence-electron chi connectivity index (χ1n) is 7.83. The number of sulfonamides is 1. The molecule has 0 aliphatic carbocycles. The van der Waals surface area contributed by atoms with Gasteiger partial charge in [0.05, 0.1) is 12.4 Å². The highest BCUT2D eigenvalue weighted by atomic mass is 32.2. The third kappa shape index (κ3) is 4.98. The highest BCUT2D eigenvalue weighted by Crippen LogP contribution is 2.17. The predicted octanol–water partition coefficient (Wildman–Crippen LogP) is 1.21. The summed E-state index contributed by atoms with van der Waals surface area (Å²) in [6, 6.07) is 0.380. The fraction of sp³-hybridized carbons (Fsp3) is 1.00. The zero-order valence-electron chi connectivity index (χ0n) is 12.5. The van der Waals surface area contributed by atoms with Crippen molar-refractivity contribution < 1.29 is 13.2 Å². The summed E-state index contributed by atoms with van der Waals surface area (Å²) in [5.41, 5.74) is 0. The quantitative estimate of drug-likeness (QED) is 0.801. The van der Waals surface area contributed by atoms with Crippen molar-refractivity contribution in [3.63, 3.8) is 0 Å². The van der Waals surface area contributed by atoms with E-state index in [1.807, 2.05) is 0 Å². The SMILES string of the molecule is CN(CC1CCCOC1)S(=O)(=O)CCC1CCCCN1. The van der Waals surface area contributed by atoms with Gasteiger partial charge in [-0.05, 0) is 44.6 Å². The van der Waals surface area contributed by atoms with Crippen molar-refractivity contribution in [1.82, 2.24) is 9.62 Å². The Morgan fingerprint density at radius 1 is 1.25 bits per heavy atom. The molecule has 6 heteroatoms. The molecule has 0 spiro atoms. The number of nitrogens with one attached hydrogen (secondary N) is 1. The molecule has 118 valence electrons. The van der Waals surface area contributed by atoms with E-state index in [0.717, 1.165) is 38.8 Å². The number of ether oxygens (including phenoxy) is 1. The van der Waals surface area contributed by atoms with Crippen molar-refractivity contribution in [2.45, 2.75) is 44.6 Å². The van der Waals surface area contributed by atoms with Gasteiger partial charge in [0.25, 0.3) is 0 Å². The molecule has 2 aliphatic heterocycles. The van der Waals surface area contributed by atoms with Gasteiger partial charge in [0.15, 0.2) is 0 Å². The molecule has 0 amide bonds. The molecule has 0 saturated carbocycles. The molecular formula is C14H28N2O3S. The van der Waals surface area contributed by atoms with Gasteiger partial charge >= 0.3 is 0 Å². The second-order valence-corrected chi connectivity index (χ2v) is 8.31. The minimum Gasteiger partial charge on any atom is -0.381 e. The second-order valence-electron chi connectivity index (χ2n) is 6.12. The number of rotatable bonds is 6. The van der Waals surface area contributed by atoms with E-state index in [-0.39, 0.29) is 5.75 Å². The summed E-state index contributed by atoms with van der Waals surface area (Å²) < 4.78 is 31.6. The molecule has 2 atom stereocenters. The van der Waals surface area contributed by atoms with Crippen LogP contribution in [0.2, 0.25) is 0 Å². The van der Waals surface area contributed by atoms with E-state index in [0.29, 0.717) is 25.1 Å². The van der Waals surface area contributed by atoms with Gasteiger partial charge in [-0.1, -0.05) is 6.42 Å². The lowest BCUT2D eigenvalue weighted by atomic mass is 10.0. The van der Waals surface area contributed by atoms with Crippen LogP contribution in [0.5, 0.6) is 0 Å². The van der Waals surface area contributed by atoms with E-state index in [9.17, 15) is 8.42 Å². The summed E-state index contributed by atoms with van der Waals surface area (Å²) in [7, 11) is -1.41. The van der Waals surface area contributed by atoms with Gasteiger partial charge in [0.2, 0.25) is 10.0 Å². The molecule has 0 bridgehead atoms. The van der Waals surface area contributed by atoms with Crippen LogP contribution in [0, 0.1) is 5.92 Å². The Morgan fingerprint density at radius 2 is 2.10 bits per heavy atom. The summed E-state index contributed by atoms with van der Waals surface area (Å²) in [4.78, 5) is 0. The number of hydrogen-bond donors (Lipinski definition) is 1. The fourth-order valence-electron chi connectivity index (χ4n) is 3.05. The smallest absolute Gasteiger partial charge is 0.213 e. The normalized spacial score (nSPS) is 28.7. The Balaban J connectivity index is 1.75. The number of nitrogens with zero attached hydrogens (tertiary/aromatic N) is 1. The van der Waals surface area contributed by atoms with E-state index in [4.69, 9.17) is 4.74 Å². The first-order valence-corrected chi connectivity index (χ1v) is 9.44. The van der Waals surface area contributed by atoms with Gasteiger partial charge in [-0.3, -0.25) is 0 Å². The summed E-state index contributed by atoms with van der Waals surface area (Å²) >= 11 is 0. The van der Waals surface area contributed by atoms with Gasteiger partial charge < -0.3 is 10.1 Å². The zero-order chi connectivity index (χ0) is 14.4. The van der Waals surface area contributed by atoms with E-state index < -0.39 is 10.0 Å². The van der Waals surface area contributed by atoms with Crippen molar-refractivity contribution >= 4 is 10.0 Å². The van der Waals surface area contributed by atoms with Crippen LogP contribution in [0.3, 0.4) is 0 Å². The molecule has 1 N–H and O–H groups in total. The Morgan fingerprint density at radius 3 is 2.75 bits per heavy atom. The lowest BCUT2D eigenvalue weighted by Gasteiger charge is -2.28. The topological polar surface area (TPSA) is 58.6 Å². The molecule has 0 aromatic carbocycles. The average Bonchev–Trinajstić information content (AvgIpc) is 2.47. The Labute approximate surface area is 123 Å². The summed E-state index contributed by atoms with van der Waals surface area (Å²) in [5, 5.41) is 3.41. The third-order valence-corrected chi connectivity index (χ3v) is 6.23. The summed E-state index contributed by atoms with van der Waals surface area (Å²) in [5.74, 6) is 0.616. The lowest BCUT2D eigenvalue weighted by molar-refractivity contribution is 0.0495. The second kappa shape index (κ2) is 7.73. The molecular weight excluding hydrogens is 276 g/mol. The molecule has 2 saturated heterocycles. The third-order valence-electron chi connectivity index (χ3n) is 4.38. The van der Waals surface area contributed by atoms with Crippen molar-refractivity contribution in [3.05, 3.63) is 0 Å². The average molecular weight is 304 g/mol. The minimum atomic E-state index is -3.12. The molecule has 2 fully saturated rings. The van der Waals surface area contributed by atoms with Crippen LogP contribution in [0.4, 0.5) is 0 Å². The standard InChI is InChI=1S/C14H28N2O3S/c1-16(11-13-5-4-9-19-12-13)20(17,18)10-7-14-6-2-3-8-15-14/h13-15H,2-12H2,1H3. The maximum Gasteiger partial charge on any atom is 0.213 e. The largest absolute Gasteiger partial charge is 0.381 e. The molecule has 5 nitrogen and oxygen atoms in total. The molecule has 20 heavy (non-hydrogen) atoms. The molecule has 0 aromatic rings. The first kappa shape index (κ1) is 16.2. The first-order chi connectivity index (χ1) is 9.58.